The lowest BCUT2D eigenvalue weighted by Gasteiger charge is -2.24. The summed E-state index contributed by atoms with van der Waals surface area (Å²) in [7, 11) is 0. The number of rotatable bonds is 3. The number of benzene rings is 2. The van der Waals surface area contributed by atoms with Crippen LogP contribution in [0.1, 0.15) is 17.4 Å². The van der Waals surface area contributed by atoms with Crippen molar-refractivity contribution in [2.24, 2.45) is 0 Å². The van der Waals surface area contributed by atoms with E-state index in [9.17, 15) is 4.39 Å². The summed E-state index contributed by atoms with van der Waals surface area (Å²) >= 11 is 0. The van der Waals surface area contributed by atoms with Crippen LogP contribution >= 0.6 is 0 Å². The number of ether oxygens (including phenoxy) is 3. The van der Waals surface area contributed by atoms with Crippen molar-refractivity contribution in [3.05, 3.63) is 65.6 Å². The number of nitrogens with zero attached hydrogens (tertiary/aromatic N) is 4. The van der Waals surface area contributed by atoms with Gasteiger partial charge in [-0.2, -0.15) is 10.1 Å². The van der Waals surface area contributed by atoms with Crippen molar-refractivity contribution in [2.45, 2.75) is 19.3 Å². The maximum Gasteiger partial charge on any atom is 0.278 e. The molecule has 0 spiro atoms. The molecule has 0 aliphatic carbocycles. The Morgan fingerprint density at radius 2 is 1.87 bits per heavy atom. The predicted molar refractivity (Wildman–Crippen MR) is 101 cm³/mol. The number of halogens is 1. The molecule has 2 aliphatic heterocycles. The molecular formula is C21H15FN4O4. The van der Waals surface area contributed by atoms with Crippen LogP contribution in [0, 0.1) is 5.82 Å². The highest BCUT2D eigenvalue weighted by atomic mass is 19.1. The molecule has 0 fully saturated rings. The zero-order valence-electron chi connectivity index (χ0n) is 15.6. The van der Waals surface area contributed by atoms with E-state index in [1.54, 1.807) is 12.1 Å². The molecule has 6 rings (SSSR count). The molecule has 4 heterocycles. The van der Waals surface area contributed by atoms with Gasteiger partial charge in [0.05, 0.1) is 18.8 Å². The Balaban J connectivity index is 1.25. The second-order valence-corrected chi connectivity index (χ2v) is 7.05. The van der Waals surface area contributed by atoms with E-state index >= 15 is 0 Å². The fourth-order valence-electron chi connectivity index (χ4n) is 3.59. The van der Waals surface area contributed by atoms with Gasteiger partial charge in [-0.1, -0.05) is 17.3 Å². The van der Waals surface area contributed by atoms with Crippen molar-refractivity contribution in [1.82, 2.24) is 19.9 Å². The predicted octanol–water partition coefficient (Wildman–Crippen LogP) is 3.74. The van der Waals surface area contributed by atoms with E-state index in [1.165, 1.54) is 12.1 Å². The second-order valence-electron chi connectivity index (χ2n) is 7.05. The van der Waals surface area contributed by atoms with Crippen molar-refractivity contribution < 1.29 is 23.1 Å². The van der Waals surface area contributed by atoms with Crippen molar-refractivity contribution in [2.75, 3.05) is 6.79 Å². The summed E-state index contributed by atoms with van der Waals surface area (Å²) in [6.07, 6.45) is -0.197. The van der Waals surface area contributed by atoms with Crippen LogP contribution in [0.3, 0.4) is 0 Å². The average molecular weight is 406 g/mol. The van der Waals surface area contributed by atoms with Crippen LogP contribution in [0.2, 0.25) is 0 Å². The molecule has 2 aliphatic rings. The Morgan fingerprint density at radius 1 is 1.00 bits per heavy atom. The molecule has 150 valence electrons. The first kappa shape index (κ1) is 17.2. The van der Waals surface area contributed by atoms with E-state index in [0.717, 1.165) is 16.8 Å². The van der Waals surface area contributed by atoms with Crippen LogP contribution in [0.5, 0.6) is 11.5 Å². The third kappa shape index (κ3) is 2.91. The highest BCUT2D eigenvalue weighted by Crippen LogP contribution is 2.36. The molecule has 1 atom stereocenters. The van der Waals surface area contributed by atoms with Crippen molar-refractivity contribution in [1.29, 1.82) is 0 Å². The van der Waals surface area contributed by atoms with Gasteiger partial charge in [0.25, 0.3) is 5.89 Å². The van der Waals surface area contributed by atoms with Gasteiger partial charge in [0.15, 0.2) is 17.2 Å². The largest absolute Gasteiger partial charge is 0.454 e. The maximum atomic E-state index is 13.2. The Bertz CT molecular complexity index is 1230. The molecule has 0 saturated heterocycles. The first-order valence-electron chi connectivity index (χ1n) is 9.41. The number of hydrogen-bond donors (Lipinski definition) is 0. The summed E-state index contributed by atoms with van der Waals surface area (Å²) in [5.74, 6) is 1.84. The first-order valence-corrected chi connectivity index (χ1v) is 9.41. The van der Waals surface area contributed by atoms with Crippen LogP contribution in [0.4, 0.5) is 4.39 Å². The Hall–Kier alpha value is -3.72. The summed E-state index contributed by atoms with van der Waals surface area (Å²) in [6, 6.07) is 13.7. The van der Waals surface area contributed by atoms with Gasteiger partial charge in [-0.15, -0.1) is 0 Å². The lowest BCUT2D eigenvalue weighted by Crippen LogP contribution is -2.21. The Kier molecular flexibility index (Phi) is 3.81. The molecule has 8 nitrogen and oxygen atoms in total. The van der Waals surface area contributed by atoms with E-state index in [2.05, 4.69) is 15.2 Å². The van der Waals surface area contributed by atoms with E-state index in [-0.39, 0.29) is 18.7 Å². The van der Waals surface area contributed by atoms with Crippen LogP contribution < -0.4 is 9.47 Å². The summed E-state index contributed by atoms with van der Waals surface area (Å²) in [5.41, 5.74) is 3.15. The zero-order chi connectivity index (χ0) is 20.1. The summed E-state index contributed by atoms with van der Waals surface area (Å²) in [5, 5.41) is 8.67. The van der Waals surface area contributed by atoms with E-state index in [1.807, 2.05) is 28.9 Å². The smallest absolute Gasteiger partial charge is 0.278 e. The standard InChI is InChI=1S/C21H15FN4O4/c22-14-4-1-12(2-5-14)19-9-26-15(10-27-19)8-16(24-26)21-23-20(25-30-21)13-3-6-17-18(7-13)29-11-28-17/h1-8,19H,9-11H2/t19-/m0/s1. The molecule has 30 heavy (non-hydrogen) atoms. The minimum absolute atomic E-state index is 0.197. The van der Waals surface area contributed by atoms with Gasteiger partial charge < -0.3 is 18.7 Å². The van der Waals surface area contributed by atoms with E-state index in [4.69, 9.17) is 18.7 Å². The Labute approximate surface area is 169 Å². The molecule has 9 heteroatoms. The van der Waals surface area contributed by atoms with Crippen LogP contribution in [0.15, 0.2) is 53.1 Å². The van der Waals surface area contributed by atoms with E-state index < -0.39 is 0 Å². The topological polar surface area (TPSA) is 84.4 Å². The highest BCUT2D eigenvalue weighted by Gasteiger charge is 2.25. The van der Waals surface area contributed by atoms with Crippen LogP contribution in [-0.2, 0) is 17.9 Å². The molecule has 0 amide bonds. The highest BCUT2D eigenvalue weighted by molar-refractivity contribution is 5.63. The molecule has 0 radical (unpaired) electrons. The Morgan fingerprint density at radius 3 is 2.77 bits per heavy atom. The number of fused-ring (bicyclic) bond motifs is 2. The number of aromatic nitrogens is 4. The van der Waals surface area contributed by atoms with Crippen molar-refractivity contribution >= 4 is 0 Å². The maximum absolute atomic E-state index is 13.2. The minimum atomic E-state index is -0.272. The molecular weight excluding hydrogens is 391 g/mol. The van der Waals surface area contributed by atoms with Gasteiger partial charge in [-0.3, -0.25) is 4.68 Å². The number of hydrogen-bond acceptors (Lipinski definition) is 7. The lowest BCUT2D eigenvalue weighted by atomic mass is 10.1. The van der Waals surface area contributed by atoms with Gasteiger partial charge in [-0.25, -0.2) is 4.39 Å². The second kappa shape index (κ2) is 6.67. The molecule has 2 aromatic carbocycles. The quantitative estimate of drug-likeness (QED) is 0.512. The average Bonchev–Trinajstić information content (AvgIpc) is 3.51. The van der Waals surface area contributed by atoms with Gasteiger partial charge in [-0.05, 0) is 42.0 Å². The zero-order valence-corrected chi connectivity index (χ0v) is 15.6. The fourth-order valence-corrected chi connectivity index (χ4v) is 3.59. The molecule has 0 N–H and O–H groups in total. The third-order valence-corrected chi connectivity index (χ3v) is 5.15. The summed E-state index contributed by atoms with van der Waals surface area (Å²) < 4.78 is 37.1. The van der Waals surface area contributed by atoms with Crippen molar-refractivity contribution in [3.63, 3.8) is 0 Å². The van der Waals surface area contributed by atoms with Gasteiger partial charge in [0.1, 0.15) is 11.9 Å². The van der Waals surface area contributed by atoms with E-state index in [0.29, 0.717) is 42.1 Å². The molecule has 2 aromatic heterocycles. The van der Waals surface area contributed by atoms with Crippen LogP contribution in [0.25, 0.3) is 23.0 Å². The molecule has 0 unspecified atom stereocenters. The lowest BCUT2D eigenvalue weighted by molar-refractivity contribution is -0.00116. The SMILES string of the molecule is Fc1ccc([C@@H]2Cn3nc(-c4nc(-c5ccc6c(c5)OCO6)no4)cc3CO2)cc1. The van der Waals surface area contributed by atoms with Crippen molar-refractivity contribution in [3.8, 4) is 34.5 Å². The molecule has 0 saturated carbocycles. The molecule has 0 bridgehead atoms. The summed E-state index contributed by atoms with van der Waals surface area (Å²) in [6.45, 7) is 1.11. The first-order chi connectivity index (χ1) is 14.7. The third-order valence-electron chi connectivity index (χ3n) is 5.15. The monoisotopic (exact) mass is 406 g/mol. The van der Waals surface area contributed by atoms with Gasteiger partial charge in [0.2, 0.25) is 12.6 Å². The molecule has 4 aromatic rings. The van der Waals surface area contributed by atoms with Crippen LogP contribution in [-0.4, -0.2) is 26.7 Å². The minimum Gasteiger partial charge on any atom is -0.454 e. The normalized spacial score (nSPS) is 17.2. The van der Waals surface area contributed by atoms with Gasteiger partial charge >= 0.3 is 0 Å². The van der Waals surface area contributed by atoms with Gasteiger partial charge in [0, 0.05) is 5.56 Å². The summed E-state index contributed by atoms with van der Waals surface area (Å²) in [4.78, 5) is 4.47. The fraction of sp³-hybridized carbons (Fsp3) is 0.190.